The maximum atomic E-state index is 12.9. The van der Waals surface area contributed by atoms with Gasteiger partial charge in [0.1, 0.15) is 0 Å². The van der Waals surface area contributed by atoms with Crippen LogP contribution in [-0.4, -0.2) is 34.0 Å². The number of carbonyl (C=O) groups excluding carboxylic acids is 1. The lowest BCUT2D eigenvalue weighted by atomic mass is 10.1. The molecule has 0 radical (unpaired) electrons. The van der Waals surface area contributed by atoms with Crippen molar-refractivity contribution in [3.8, 4) is 11.4 Å². The van der Waals surface area contributed by atoms with Crippen LogP contribution in [-0.2, 0) is 6.54 Å². The van der Waals surface area contributed by atoms with Gasteiger partial charge in [-0.1, -0.05) is 16.8 Å². The minimum absolute atomic E-state index is 0.0263. The molecule has 140 valence electrons. The first-order valence-corrected chi connectivity index (χ1v) is 10.2. The Labute approximate surface area is 166 Å². The predicted octanol–water partition coefficient (Wildman–Crippen LogP) is 4.69. The van der Waals surface area contributed by atoms with E-state index in [-0.39, 0.29) is 5.91 Å². The molecule has 0 aliphatic carbocycles. The van der Waals surface area contributed by atoms with Crippen LogP contribution in [0.15, 0.2) is 39.5 Å². The van der Waals surface area contributed by atoms with Gasteiger partial charge in [0.15, 0.2) is 0 Å². The molecule has 8 heteroatoms. The molecule has 1 saturated heterocycles. The van der Waals surface area contributed by atoms with Gasteiger partial charge < -0.3 is 14.7 Å². The number of nitrogens with one attached hydrogen (secondary N) is 1. The van der Waals surface area contributed by atoms with E-state index in [0.29, 0.717) is 34.5 Å². The lowest BCUT2D eigenvalue weighted by molar-refractivity contribution is 0.0725. The summed E-state index contributed by atoms with van der Waals surface area (Å²) in [7, 11) is 0. The first-order valence-electron chi connectivity index (χ1n) is 8.88. The lowest BCUT2D eigenvalue weighted by Crippen LogP contribution is -2.36. The highest BCUT2D eigenvalue weighted by molar-refractivity contribution is 7.08. The van der Waals surface area contributed by atoms with Crippen LogP contribution in [0.2, 0.25) is 5.02 Å². The van der Waals surface area contributed by atoms with E-state index in [0.717, 1.165) is 31.5 Å². The van der Waals surface area contributed by atoms with Gasteiger partial charge in [-0.2, -0.15) is 16.3 Å². The molecule has 6 nitrogen and oxygen atoms in total. The SMILES string of the molecule is O=C(c1ccc(Cl)cc1NCc1nc(-c2ccsc2)no1)N1CCCCC1. The van der Waals surface area contributed by atoms with Crippen molar-refractivity contribution < 1.29 is 9.32 Å². The Balaban J connectivity index is 1.50. The van der Waals surface area contributed by atoms with Gasteiger partial charge in [0.25, 0.3) is 5.91 Å². The van der Waals surface area contributed by atoms with Crippen LogP contribution in [0, 0.1) is 0 Å². The maximum Gasteiger partial charge on any atom is 0.255 e. The number of halogens is 1. The molecule has 1 amide bonds. The first kappa shape index (κ1) is 18.0. The fraction of sp³-hybridized carbons (Fsp3) is 0.316. The quantitative estimate of drug-likeness (QED) is 0.670. The molecule has 3 heterocycles. The highest BCUT2D eigenvalue weighted by Gasteiger charge is 2.21. The summed E-state index contributed by atoms with van der Waals surface area (Å²) in [6.07, 6.45) is 3.28. The Morgan fingerprint density at radius 2 is 2.11 bits per heavy atom. The number of thiophene rings is 1. The van der Waals surface area contributed by atoms with Gasteiger partial charge in [0, 0.05) is 34.7 Å². The van der Waals surface area contributed by atoms with Crippen molar-refractivity contribution in [2.24, 2.45) is 0 Å². The third-order valence-electron chi connectivity index (χ3n) is 4.53. The van der Waals surface area contributed by atoms with Crippen molar-refractivity contribution in [2.75, 3.05) is 18.4 Å². The van der Waals surface area contributed by atoms with E-state index in [1.54, 1.807) is 29.5 Å². The number of amides is 1. The van der Waals surface area contributed by atoms with Gasteiger partial charge in [-0.25, -0.2) is 0 Å². The molecule has 1 N–H and O–H groups in total. The minimum atomic E-state index is 0.0263. The summed E-state index contributed by atoms with van der Waals surface area (Å²) in [5.74, 6) is 1.04. The van der Waals surface area contributed by atoms with Crippen molar-refractivity contribution in [1.29, 1.82) is 0 Å². The van der Waals surface area contributed by atoms with Crippen molar-refractivity contribution in [3.05, 3.63) is 51.5 Å². The summed E-state index contributed by atoms with van der Waals surface area (Å²) < 4.78 is 5.31. The molecule has 0 spiro atoms. The molecule has 0 unspecified atom stereocenters. The molecule has 1 aliphatic heterocycles. The van der Waals surface area contributed by atoms with Gasteiger partial charge in [-0.15, -0.1) is 0 Å². The Kier molecular flexibility index (Phi) is 5.40. The molecule has 0 bridgehead atoms. The van der Waals surface area contributed by atoms with E-state index in [1.807, 2.05) is 21.7 Å². The molecule has 0 atom stereocenters. The van der Waals surface area contributed by atoms with Gasteiger partial charge in [0.05, 0.1) is 12.1 Å². The molecule has 1 fully saturated rings. The van der Waals surface area contributed by atoms with E-state index in [2.05, 4.69) is 15.5 Å². The van der Waals surface area contributed by atoms with Gasteiger partial charge in [0.2, 0.25) is 11.7 Å². The molecular formula is C19H19ClN4O2S. The minimum Gasteiger partial charge on any atom is -0.375 e. The van der Waals surface area contributed by atoms with Gasteiger partial charge in [-0.05, 0) is 48.9 Å². The van der Waals surface area contributed by atoms with E-state index in [9.17, 15) is 4.79 Å². The molecule has 3 aromatic rings. The fourth-order valence-electron chi connectivity index (χ4n) is 3.12. The summed E-state index contributed by atoms with van der Waals surface area (Å²) >= 11 is 7.73. The van der Waals surface area contributed by atoms with Crippen LogP contribution in [0.4, 0.5) is 5.69 Å². The standard InChI is InChI=1S/C19H19ClN4O2S/c20-14-4-5-15(19(25)24-7-2-1-3-8-24)16(10-14)21-11-17-22-18(23-26-17)13-6-9-27-12-13/h4-6,9-10,12,21H,1-3,7-8,11H2. The second-order valence-corrected chi connectivity index (χ2v) is 7.64. The van der Waals surface area contributed by atoms with Crippen molar-refractivity contribution in [1.82, 2.24) is 15.0 Å². The first-order chi connectivity index (χ1) is 13.2. The van der Waals surface area contributed by atoms with Crippen molar-refractivity contribution in [3.63, 3.8) is 0 Å². The second-order valence-electron chi connectivity index (χ2n) is 6.42. The number of rotatable bonds is 5. The van der Waals surface area contributed by atoms with E-state index in [4.69, 9.17) is 16.1 Å². The Morgan fingerprint density at radius 3 is 2.89 bits per heavy atom. The smallest absolute Gasteiger partial charge is 0.255 e. The molecular weight excluding hydrogens is 384 g/mol. The van der Waals surface area contributed by atoms with Gasteiger partial charge in [-0.3, -0.25) is 4.79 Å². The zero-order valence-electron chi connectivity index (χ0n) is 14.7. The zero-order chi connectivity index (χ0) is 18.6. The van der Waals surface area contributed by atoms with Crippen LogP contribution in [0.3, 0.4) is 0 Å². The number of carbonyl (C=O) groups is 1. The number of benzene rings is 1. The van der Waals surface area contributed by atoms with E-state index >= 15 is 0 Å². The summed E-state index contributed by atoms with van der Waals surface area (Å²) in [6.45, 7) is 1.92. The van der Waals surface area contributed by atoms with Crippen LogP contribution in [0.5, 0.6) is 0 Å². The highest BCUT2D eigenvalue weighted by atomic mass is 35.5. The maximum absolute atomic E-state index is 12.9. The van der Waals surface area contributed by atoms with Crippen molar-refractivity contribution in [2.45, 2.75) is 25.8 Å². The summed E-state index contributed by atoms with van der Waals surface area (Å²) in [6, 6.07) is 7.21. The topological polar surface area (TPSA) is 71.3 Å². The average molecular weight is 403 g/mol. The third kappa shape index (κ3) is 4.14. The average Bonchev–Trinajstić information content (AvgIpc) is 3.38. The van der Waals surface area contributed by atoms with Gasteiger partial charge >= 0.3 is 0 Å². The number of anilines is 1. The van der Waals surface area contributed by atoms with E-state index < -0.39 is 0 Å². The van der Waals surface area contributed by atoms with E-state index in [1.165, 1.54) is 6.42 Å². The predicted molar refractivity (Wildman–Crippen MR) is 106 cm³/mol. The zero-order valence-corrected chi connectivity index (χ0v) is 16.2. The Hall–Kier alpha value is -2.38. The number of likely N-dealkylation sites (tertiary alicyclic amines) is 1. The second kappa shape index (κ2) is 8.10. The summed E-state index contributed by atoms with van der Waals surface area (Å²) in [5.41, 5.74) is 2.21. The lowest BCUT2D eigenvalue weighted by Gasteiger charge is -2.27. The third-order valence-corrected chi connectivity index (χ3v) is 5.45. The number of hydrogen-bond acceptors (Lipinski definition) is 6. The fourth-order valence-corrected chi connectivity index (χ4v) is 3.93. The van der Waals surface area contributed by atoms with Crippen LogP contribution in [0.25, 0.3) is 11.4 Å². The highest BCUT2D eigenvalue weighted by Crippen LogP contribution is 2.25. The largest absolute Gasteiger partial charge is 0.375 e. The Morgan fingerprint density at radius 1 is 1.26 bits per heavy atom. The molecule has 1 aliphatic rings. The van der Waals surface area contributed by atoms with Crippen LogP contribution in [0.1, 0.15) is 35.5 Å². The summed E-state index contributed by atoms with van der Waals surface area (Å²) in [5, 5.41) is 11.7. The number of nitrogens with zero attached hydrogens (tertiary/aromatic N) is 3. The molecule has 0 saturated carbocycles. The van der Waals surface area contributed by atoms with Crippen molar-refractivity contribution >= 4 is 34.5 Å². The van der Waals surface area contributed by atoms with Crippen LogP contribution < -0.4 is 5.32 Å². The molecule has 1 aromatic carbocycles. The molecule has 2 aromatic heterocycles. The number of aromatic nitrogens is 2. The summed E-state index contributed by atoms with van der Waals surface area (Å²) in [4.78, 5) is 19.2. The Bertz CT molecular complexity index is 920. The molecule has 27 heavy (non-hydrogen) atoms. The number of piperidine rings is 1. The number of hydrogen-bond donors (Lipinski definition) is 1. The van der Waals surface area contributed by atoms with Crippen LogP contribution >= 0.6 is 22.9 Å². The normalized spacial score (nSPS) is 14.3. The monoisotopic (exact) mass is 402 g/mol. The molecule has 4 rings (SSSR count).